The molecule has 0 aliphatic heterocycles. The molecule has 0 fully saturated rings. The van der Waals surface area contributed by atoms with Crippen molar-refractivity contribution in [3.63, 3.8) is 0 Å². The van der Waals surface area contributed by atoms with Crippen molar-refractivity contribution >= 4 is 38.3 Å². The van der Waals surface area contributed by atoms with Crippen molar-refractivity contribution in [1.29, 1.82) is 0 Å². The molecule has 128 valence electrons. The van der Waals surface area contributed by atoms with E-state index in [1.807, 2.05) is 0 Å². The molecule has 2 aromatic rings. The highest BCUT2D eigenvalue weighted by atomic mass is 32.2. The van der Waals surface area contributed by atoms with Gasteiger partial charge in [0, 0.05) is 0 Å². The third-order valence-electron chi connectivity index (χ3n) is 2.66. The summed E-state index contributed by atoms with van der Waals surface area (Å²) in [4.78, 5) is 34.4. The first kappa shape index (κ1) is 17.7. The molecule has 0 saturated heterocycles. The summed E-state index contributed by atoms with van der Waals surface area (Å²) in [6.45, 7) is 1.52. The molecular weight excluding hydrogens is 360 g/mol. The van der Waals surface area contributed by atoms with E-state index >= 15 is 0 Å². The van der Waals surface area contributed by atoms with E-state index in [0.29, 0.717) is 0 Å². The van der Waals surface area contributed by atoms with E-state index < -0.39 is 25.9 Å². The highest BCUT2D eigenvalue weighted by molar-refractivity contribution is 8.06. The van der Waals surface area contributed by atoms with E-state index in [1.54, 1.807) is 0 Å². The molecule has 0 saturated carbocycles. The van der Waals surface area contributed by atoms with Crippen LogP contribution in [0.5, 0.6) is 6.01 Å². The van der Waals surface area contributed by atoms with Gasteiger partial charge in [0.05, 0.1) is 14.2 Å². The van der Waals surface area contributed by atoms with Crippen LogP contribution in [-0.4, -0.2) is 48.8 Å². The van der Waals surface area contributed by atoms with E-state index in [4.69, 9.17) is 4.74 Å². The number of amides is 1. The highest BCUT2D eigenvalue weighted by Crippen LogP contribution is 2.25. The number of sulfone groups is 1. The van der Waals surface area contributed by atoms with Crippen LogP contribution in [0.4, 0.5) is 10.7 Å². The molecule has 24 heavy (non-hydrogen) atoms. The Balaban J connectivity index is 2.34. The van der Waals surface area contributed by atoms with Crippen molar-refractivity contribution in [2.45, 2.75) is 11.8 Å². The van der Waals surface area contributed by atoms with Crippen LogP contribution in [-0.2, 0) is 14.6 Å². The van der Waals surface area contributed by atoms with E-state index in [2.05, 4.69) is 25.0 Å². The molecule has 0 spiro atoms. The highest BCUT2D eigenvalue weighted by Gasteiger charge is 2.32. The summed E-state index contributed by atoms with van der Waals surface area (Å²) in [5.74, 6) is -0.919. The largest absolute Gasteiger partial charge is 0.467 e. The Labute approximate surface area is 140 Å². The minimum Gasteiger partial charge on any atom is -0.467 e. The van der Waals surface area contributed by atoms with Crippen LogP contribution in [0.15, 0.2) is 16.3 Å². The van der Waals surface area contributed by atoms with E-state index in [1.165, 1.54) is 19.4 Å². The van der Waals surface area contributed by atoms with Gasteiger partial charge in [-0.3, -0.25) is 10.1 Å². The fourth-order valence-electron chi connectivity index (χ4n) is 1.61. The van der Waals surface area contributed by atoms with Crippen molar-refractivity contribution in [2.24, 2.45) is 0 Å². The van der Waals surface area contributed by atoms with Crippen LogP contribution in [0, 0.1) is 6.92 Å². The monoisotopic (exact) mass is 372 g/mol. The van der Waals surface area contributed by atoms with E-state index in [-0.39, 0.29) is 22.7 Å². The van der Waals surface area contributed by atoms with Gasteiger partial charge in [-0.25, -0.2) is 13.2 Å². The second kappa shape index (κ2) is 6.88. The van der Waals surface area contributed by atoms with Gasteiger partial charge < -0.3 is 9.47 Å². The molecule has 0 bridgehead atoms. The Morgan fingerprint density at radius 3 is 2.54 bits per heavy atom. The molecule has 2 aromatic heterocycles. The lowest BCUT2D eigenvalue weighted by Gasteiger charge is -2.07. The summed E-state index contributed by atoms with van der Waals surface area (Å²) in [5.41, 5.74) is 0. The lowest BCUT2D eigenvalue weighted by atomic mass is 10.5. The zero-order valence-corrected chi connectivity index (χ0v) is 14.4. The van der Waals surface area contributed by atoms with Crippen molar-refractivity contribution in [1.82, 2.24) is 15.0 Å². The number of hydrogen-bond acceptors (Lipinski definition) is 10. The van der Waals surface area contributed by atoms with Crippen LogP contribution in [0.3, 0.4) is 0 Å². The predicted octanol–water partition coefficient (Wildman–Crippen LogP) is 1.04. The molecule has 0 unspecified atom stereocenters. The third kappa shape index (κ3) is 3.49. The summed E-state index contributed by atoms with van der Waals surface area (Å²) in [6, 6.07) is 1.06. The molecule has 12 heteroatoms. The van der Waals surface area contributed by atoms with Crippen molar-refractivity contribution in [3.05, 3.63) is 22.1 Å². The number of ether oxygens (including phenoxy) is 2. The fraction of sp³-hybridized carbons (Fsp3) is 0.250. The minimum atomic E-state index is -4.49. The number of nitrogens with one attached hydrogen (secondary N) is 1. The maximum atomic E-state index is 12.4. The quantitative estimate of drug-likeness (QED) is 0.780. The van der Waals surface area contributed by atoms with Gasteiger partial charge in [0.25, 0.3) is 9.84 Å². The Bertz CT molecular complexity index is 893. The van der Waals surface area contributed by atoms with Crippen LogP contribution < -0.4 is 10.1 Å². The molecule has 10 nitrogen and oxygen atoms in total. The minimum absolute atomic E-state index is 0.0824. The van der Waals surface area contributed by atoms with Crippen molar-refractivity contribution < 1.29 is 27.5 Å². The van der Waals surface area contributed by atoms with E-state index in [0.717, 1.165) is 24.5 Å². The van der Waals surface area contributed by atoms with Gasteiger partial charge in [-0.2, -0.15) is 15.0 Å². The predicted molar refractivity (Wildman–Crippen MR) is 83.0 cm³/mol. The lowest BCUT2D eigenvalue weighted by molar-refractivity contribution is 0.0602. The van der Waals surface area contributed by atoms with Crippen LogP contribution >= 0.6 is 11.3 Å². The zero-order chi connectivity index (χ0) is 17.9. The number of methoxy groups -OCH3 is 2. The molecule has 0 atom stereocenters. The number of aromatic nitrogens is 3. The van der Waals surface area contributed by atoms with E-state index in [9.17, 15) is 18.0 Å². The number of esters is 1. The number of rotatable bonds is 4. The Morgan fingerprint density at radius 2 is 1.92 bits per heavy atom. The van der Waals surface area contributed by atoms with Gasteiger partial charge in [-0.05, 0) is 18.4 Å². The second-order valence-electron chi connectivity index (χ2n) is 4.21. The SMILES string of the molecule is COC(=O)c1sccc1S(=O)(=O)C(=O)Nc1nc(C)nc(OC)n1. The summed E-state index contributed by atoms with van der Waals surface area (Å²) in [6.07, 6.45) is 0. The van der Waals surface area contributed by atoms with Crippen LogP contribution in [0.25, 0.3) is 0 Å². The van der Waals surface area contributed by atoms with Gasteiger partial charge in [0.1, 0.15) is 15.6 Å². The molecule has 1 amide bonds. The molecule has 2 heterocycles. The van der Waals surface area contributed by atoms with Crippen LogP contribution in [0.1, 0.15) is 15.5 Å². The smallest absolute Gasteiger partial charge is 0.349 e. The number of aryl methyl sites for hydroxylation is 1. The number of thiophene rings is 1. The maximum absolute atomic E-state index is 12.4. The van der Waals surface area contributed by atoms with Gasteiger partial charge in [0.15, 0.2) is 0 Å². The Morgan fingerprint density at radius 1 is 1.21 bits per heavy atom. The number of carbonyl (C=O) groups excluding carboxylic acids is 2. The van der Waals surface area contributed by atoms with Gasteiger partial charge in [-0.15, -0.1) is 11.3 Å². The summed E-state index contributed by atoms with van der Waals surface area (Å²) in [7, 11) is -2.07. The lowest BCUT2D eigenvalue weighted by Crippen LogP contribution is -2.24. The van der Waals surface area contributed by atoms with Crippen LogP contribution in [0.2, 0.25) is 0 Å². The first-order valence-electron chi connectivity index (χ1n) is 6.28. The zero-order valence-electron chi connectivity index (χ0n) is 12.8. The molecule has 2 rings (SSSR count). The molecule has 0 radical (unpaired) electrons. The Kier molecular flexibility index (Phi) is 5.09. The number of nitrogens with zero attached hydrogens (tertiary/aromatic N) is 3. The molecular formula is C12H12N4O6S2. The first-order chi connectivity index (χ1) is 11.3. The summed E-state index contributed by atoms with van der Waals surface area (Å²) >= 11 is 0.846. The van der Waals surface area contributed by atoms with Gasteiger partial charge >= 0.3 is 17.2 Å². The molecule has 1 N–H and O–H groups in total. The third-order valence-corrected chi connectivity index (χ3v) is 5.19. The van der Waals surface area contributed by atoms with Crippen molar-refractivity contribution in [2.75, 3.05) is 19.5 Å². The standard InChI is InChI=1S/C12H12N4O6S2/c1-6-13-10(15-11(14-6)22-3)16-12(18)24(19,20)7-4-5-23-8(7)9(17)21-2/h4-5H,1-3H3,(H,13,14,15,16,18). The second-order valence-corrected chi connectivity index (χ2v) is 6.95. The molecule has 0 aliphatic rings. The molecule has 0 aliphatic carbocycles. The number of anilines is 1. The van der Waals surface area contributed by atoms with Gasteiger partial charge in [-0.1, -0.05) is 0 Å². The Hall–Kier alpha value is -2.60. The average Bonchev–Trinajstić information content (AvgIpc) is 3.03. The summed E-state index contributed by atoms with van der Waals surface area (Å²) in [5, 5.41) is 2.03. The number of carbonyl (C=O) groups is 2. The average molecular weight is 372 g/mol. The topological polar surface area (TPSA) is 137 Å². The maximum Gasteiger partial charge on any atom is 0.349 e. The normalized spacial score (nSPS) is 11.0. The first-order valence-corrected chi connectivity index (χ1v) is 8.64. The fourth-order valence-corrected chi connectivity index (χ4v) is 3.88. The van der Waals surface area contributed by atoms with Gasteiger partial charge in [0.2, 0.25) is 5.95 Å². The summed E-state index contributed by atoms with van der Waals surface area (Å²) < 4.78 is 34.0. The number of hydrogen-bond donors (Lipinski definition) is 1. The molecule has 0 aromatic carbocycles. The van der Waals surface area contributed by atoms with Crippen molar-refractivity contribution in [3.8, 4) is 6.01 Å².